The lowest BCUT2D eigenvalue weighted by atomic mass is 10.0. The van der Waals surface area contributed by atoms with Crippen LogP contribution in [0.25, 0.3) is 11.0 Å². The van der Waals surface area contributed by atoms with Crippen LogP contribution >= 0.6 is 0 Å². The first kappa shape index (κ1) is 27.9. The van der Waals surface area contributed by atoms with Gasteiger partial charge >= 0.3 is 0 Å². The average molecular weight is 549 g/mol. The van der Waals surface area contributed by atoms with Gasteiger partial charge in [-0.25, -0.2) is 8.42 Å². The Bertz CT molecular complexity index is 1290. The fraction of sp³-hybridized carbons (Fsp3) is 0.538. The summed E-state index contributed by atoms with van der Waals surface area (Å²) < 4.78 is 38.8. The summed E-state index contributed by atoms with van der Waals surface area (Å²) in [4.78, 5) is 27.7. The molecule has 0 bridgehead atoms. The topological polar surface area (TPSA) is 141 Å². The van der Waals surface area contributed by atoms with Gasteiger partial charge in [0.1, 0.15) is 17.4 Å². The normalized spacial score (nSPS) is 21.9. The van der Waals surface area contributed by atoms with Gasteiger partial charge in [0.05, 0.1) is 12.1 Å². The van der Waals surface area contributed by atoms with Gasteiger partial charge in [0.15, 0.2) is 17.5 Å². The number of amides is 2. The first-order valence-electron chi connectivity index (χ1n) is 12.8. The number of rotatable bonds is 8. The zero-order valence-corrected chi connectivity index (χ0v) is 23.0. The number of fused-ring (bicyclic) bond motifs is 1. The second-order valence-electron chi connectivity index (χ2n) is 10.3. The Morgan fingerprint density at radius 3 is 2.63 bits per heavy atom. The van der Waals surface area contributed by atoms with Crippen molar-refractivity contribution in [1.82, 2.24) is 19.8 Å². The van der Waals surface area contributed by atoms with Crippen molar-refractivity contribution in [3.63, 3.8) is 0 Å². The van der Waals surface area contributed by atoms with Crippen molar-refractivity contribution in [2.24, 2.45) is 5.92 Å². The molecule has 0 radical (unpaired) electrons. The molecule has 12 heteroatoms. The van der Waals surface area contributed by atoms with Gasteiger partial charge in [-0.3, -0.25) is 9.59 Å². The van der Waals surface area contributed by atoms with E-state index in [1.807, 2.05) is 32.0 Å². The molecule has 2 aliphatic heterocycles. The minimum absolute atomic E-state index is 0.0810. The second kappa shape index (κ2) is 11.3. The van der Waals surface area contributed by atoms with Crippen LogP contribution in [0, 0.1) is 5.92 Å². The number of carbonyl (C=O) groups excluding carboxylic acids is 2. The van der Waals surface area contributed by atoms with Gasteiger partial charge < -0.3 is 29.8 Å². The van der Waals surface area contributed by atoms with E-state index in [4.69, 9.17) is 9.15 Å². The number of benzene rings is 1. The number of nitrogens with zero attached hydrogens (tertiary/aromatic N) is 2. The number of hydrogen-bond acceptors (Lipinski definition) is 8. The standard InChI is InChI=1S/C26H36N4O7S/c1-16(2)12-20(28-25(33)23-13-18-8-5-6-10-22(18)37-23)24(32)27-19-9-7-11-30(14-21(19)31)38(34,35)26-17(3)36-15-29(26)4/h5-6,8,10,13,16,19-21,31H,7,9,11-12,14-15H2,1-4H3,(H,27,32)(H,28,33)/t19?,20?,21-/m0/s1. The number of hydrogen-bond donors (Lipinski definition) is 3. The number of carbonyl (C=O) groups is 2. The lowest BCUT2D eigenvalue weighted by molar-refractivity contribution is -0.125. The van der Waals surface area contributed by atoms with E-state index < -0.39 is 40.0 Å². The Hall–Kier alpha value is -3.09. The van der Waals surface area contributed by atoms with Gasteiger partial charge in [-0.05, 0) is 44.2 Å². The molecular formula is C26H36N4O7S. The summed E-state index contributed by atoms with van der Waals surface area (Å²) in [7, 11) is -2.25. The van der Waals surface area contributed by atoms with E-state index in [-0.39, 0.29) is 36.5 Å². The van der Waals surface area contributed by atoms with Crippen LogP contribution in [0.4, 0.5) is 0 Å². The number of allylic oxidation sites excluding steroid dienone is 1. The number of β-amino-alcohol motifs (C(OH)–C–C–N with tert-alkyl or cyclic N) is 1. The monoisotopic (exact) mass is 548 g/mol. The van der Waals surface area contributed by atoms with Gasteiger partial charge in [-0.15, -0.1) is 0 Å². The lowest BCUT2D eigenvalue weighted by Crippen LogP contribution is -2.54. The van der Waals surface area contributed by atoms with Crippen molar-refractivity contribution in [3.8, 4) is 0 Å². The SMILES string of the molecule is CC1=C(S(=O)(=O)N2CCCC(NC(=O)C(CC(C)C)NC(=O)c3cc4ccccc4o3)[C@@H](O)C2)N(C)CO1. The molecule has 2 aromatic rings. The Morgan fingerprint density at radius 2 is 1.97 bits per heavy atom. The fourth-order valence-electron chi connectivity index (χ4n) is 4.89. The molecular weight excluding hydrogens is 512 g/mol. The highest BCUT2D eigenvalue weighted by Gasteiger charge is 2.39. The van der Waals surface area contributed by atoms with Gasteiger partial charge in [-0.2, -0.15) is 4.31 Å². The van der Waals surface area contributed by atoms with Crippen LogP contribution in [0.1, 0.15) is 50.6 Å². The number of ether oxygens (including phenoxy) is 1. The highest BCUT2D eigenvalue weighted by atomic mass is 32.2. The van der Waals surface area contributed by atoms with Gasteiger partial charge in [0.25, 0.3) is 15.9 Å². The molecule has 1 aromatic carbocycles. The number of nitrogens with one attached hydrogen (secondary N) is 2. The molecule has 2 amide bonds. The van der Waals surface area contributed by atoms with Crippen molar-refractivity contribution in [3.05, 3.63) is 46.9 Å². The minimum atomic E-state index is -3.88. The molecule has 1 saturated heterocycles. The van der Waals surface area contributed by atoms with Crippen LogP contribution in [0.5, 0.6) is 0 Å². The third-order valence-electron chi connectivity index (χ3n) is 6.79. The van der Waals surface area contributed by atoms with E-state index in [2.05, 4.69) is 10.6 Å². The van der Waals surface area contributed by atoms with Crippen molar-refractivity contribution in [2.45, 2.75) is 58.2 Å². The summed E-state index contributed by atoms with van der Waals surface area (Å²) in [6.07, 6.45) is 0.0737. The van der Waals surface area contributed by atoms with Crippen LogP contribution in [0.3, 0.4) is 0 Å². The summed E-state index contributed by atoms with van der Waals surface area (Å²) in [6.45, 7) is 5.66. The van der Waals surface area contributed by atoms with Crippen LogP contribution in [0.15, 0.2) is 45.5 Å². The molecule has 0 spiro atoms. The first-order chi connectivity index (χ1) is 18.0. The number of sulfonamides is 1. The quantitative estimate of drug-likeness (QED) is 0.455. The van der Waals surface area contributed by atoms with Gasteiger partial charge in [0, 0.05) is 25.5 Å². The van der Waals surface area contributed by atoms with Crippen molar-refractivity contribution in [2.75, 3.05) is 26.9 Å². The van der Waals surface area contributed by atoms with Crippen LogP contribution in [-0.2, 0) is 19.6 Å². The molecule has 0 saturated carbocycles. The predicted molar refractivity (Wildman–Crippen MR) is 141 cm³/mol. The Labute approximate surface area is 222 Å². The maximum absolute atomic E-state index is 13.3. The molecule has 2 aliphatic rings. The van der Waals surface area contributed by atoms with Crippen molar-refractivity contribution < 1.29 is 32.3 Å². The smallest absolute Gasteiger partial charge is 0.287 e. The van der Waals surface area contributed by atoms with E-state index in [0.29, 0.717) is 30.6 Å². The maximum Gasteiger partial charge on any atom is 0.287 e. The summed E-state index contributed by atoms with van der Waals surface area (Å²) in [5, 5.41) is 17.4. The number of aliphatic hydroxyl groups excluding tert-OH is 1. The molecule has 2 unspecified atom stereocenters. The number of furan rings is 1. The van der Waals surface area contributed by atoms with Crippen molar-refractivity contribution >= 4 is 32.8 Å². The summed E-state index contributed by atoms with van der Waals surface area (Å²) in [6, 6.07) is 7.35. The summed E-state index contributed by atoms with van der Waals surface area (Å²) >= 11 is 0. The lowest BCUT2D eigenvalue weighted by Gasteiger charge is -2.28. The van der Waals surface area contributed by atoms with E-state index in [1.54, 1.807) is 26.1 Å². The first-order valence-corrected chi connectivity index (χ1v) is 14.2. The van der Waals surface area contributed by atoms with Crippen LogP contribution in [0.2, 0.25) is 0 Å². The zero-order valence-electron chi connectivity index (χ0n) is 22.1. The summed E-state index contributed by atoms with van der Waals surface area (Å²) in [5.41, 5.74) is 0.574. The molecule has 38 heavy (non-hydrogen) atoms. The van der Waals surface area contributed by atoms with Gasteiger partial charge in [-0.1, -0.05) is 32.0 Å². The van der Waals surface area contributed by atoms with Crippen LogP contribution < -0.4 is 10.6 Å². The molecule has 4 rings (SSSR count). The highest BCUT2D eigenvalue weighted by Crippen LogP contribution is 2.28. The molecule has 0 aliphatic carbocycles. The predicted octanol–water partition coefficient (Wildman–Crippen LogP) is 1.96. The van der Waals surface area contributed by atoms with Gasteiger partial charge in [0.2, 0.25) is 5.91 Å². The highest BCUT2D eigenvalue weighted by molar-refractivity contribution is 7.92. The molecule has 1 aromatic heterocycles. The van der Waals surface area contributed by atoms with E-state index in [0.717, 1.165) is 5.39 Å². The van der Waals surface area contributed by atoms with Crippen LogP contribution in [-0.4, -0.2) is 79.6 Å². The Kier molecular flexibility index (Phi) is 8.34. The largest absolute Gasteiger partial charge is 0.475 e. The number of para-hydroxylation sites is 1. The minimum Gasteiger partial charge on any atom is -0.475 e. The molecule has 3 heterocycles. The van der Waals surface area contributed by atoms with E-state index in [9.17, 15) is 23.1 Å². The molecule has 11 nitrogen and oxygen atoms in total. The molecule has 3 N–H and O–H groups in total. The summed E-state index contributed by atoms with van der Waals surface area (Å²) in [5.74, 6) is -0.428. The van der Waals surface area contributed by atoms with Crippen molar-refractivity contribution in [1.29, 1.82) is 0 Å². The fourth-order valence-corrected chi connectivity index (χ4v) is 6.72. The Balaban J connectivity index is 1.44. The third-order valence-corrected chi connectivity index (χ3v) is 8.89. The van der Waals surface area contributed by atoms with E-state index >= 15 is 0 Å². The zero-order chi connectivity index (χ0) is 27.6. The van der Waals surface area contributed by atoms with E-state index in [1.165, 1.54) is 9.21 Å². The Morgan fingerprint density at radius 1 is 1.24 bits per heavy atom. The molecule has 1 fully saturated rings. The number of aliphatic hydroxyl groups is 1. The maximum atomic E-state index is 13.3. The molecule has 208 valence electrons. The third kappa shape index (κ3) is 5.97. The second-order valence-corrected chi connectivity index (χ2v) is 12.2. The molecule has 3 atom stereocenters. The average Bonchev–Trinajstić information content (AvgIpc) is 3.38.